The van der Waals surface area contributed by atoms with E-state index in [0.29, 0.717) is 6.42 Å². The van der Waals surface area contributed by atoms with Crippen molar-refractivity contribution in [3.63, 3.8) is 0 Å². The second-order valence-electron chi connectivity index (χ2n) is 3.41. The van der Waals surface area contributed by atoms with Gasteiger partial charge in [0.25, 0.3) is 0 Å². The topological polar surface area (TPSA) is 122 Å². The van der Waals surface area contributed by atoms with Crippen LogP contribution in [-0.4, -0.2) is 41.0 Å². The van der Waals surface area contributed by atoms with Gasteiger partial charge in [0.15, 0.2) is 0 Å². The number of carboxylic acid groups (broad SMARTS) is 1. The number of carbonyl (C=O) groups excluding carboxylic acids is 1. The van der Waals surface area contributed by atoms with Gasteiger partial charge in [-0.3, -0.25) is 4.79 Å². The molecule has 0 aliphatic rings. The average molecular weight is 232 g/mol. The summed E-state index contributed by atoms with van der Waals surface area (Å²) in [7, 11) is 0. The van der Waals surface area contributed by atoms with Gasteiger partial charge in [0.2, 0.25) is 12.5 Å². The van der Waals surface area contributed by atoms with Crippen LogP contribution in [0.25, 0.3) is 0 Å². The van der Waals surface area contributed by atoms with Gasteiger partial charge in [-0.1, -0.05) is 12.1 Å². The van der Waals surface area contributed by atoms with Crippen molar-refractivity contribution in [2.45, 2.75) is 25.9 Å². The van der Waals surface area contributed by atoms with Crippen LogP contribution in [0.2, 0.25) is 0 Å². The van der Waals surface area contributed by atoms with Gasteiger partial charge in [-0.15, -0.1) is 0 Å². The summed E-state index contributed by atoms with van der Waals surface area (Å²) >= 11 is 0. The van der Waals surface area contributed by atoms with Crippen LogP contribution in [0.5, 0.6) is 0 Å². The first-order valence-corrected chi connectivity index (χ1v) is 4.75. The number of primary amides is 1. The van der Waals surface area contributed by atoms with Crippen LogP contribution in [0.1, 0.15) is 19.8 Å². The number of aliphatic hydroxyl groups is 1. The minimum absolute atomic E-state index is 0.106. The van der Waals surface area contributed by atoms with Gasteiger partial charge in [0.1, 0.15) is 0 Å². The maximum atomic E-state index is 10.5. The van der Waals surface area contributed by atoms with E-state index < -0.39 is 24.6 Å². The predicted molar refractivity (Wildman–Crippen MR) is 55.7 cm³/mol. The molecule has 0 fully saturated rings. The summed E-state index contributed by atoms with van der Waals surface area (Å²) in [6.07, 6.45) is 0.778. The smallest absolute Gasteiger partial charge is 0.344 e. The second kappa shape index (κ2) is 7.63. The summed E-state index contributed by atoms with van der Waals surface area (Å²) in [5.74, 6) is -1.89. The van der Waals surface area contributed by atoms with Crippen molar-refractivity contribution in [3.8, 4) is 0 Å². The fraction of sp³-hybridized carbons (Fsp3) is 0.667. The van der Waals surface area contributed by atoms with Crippen molar-refractivity contribution < 1.29 is 24.6 Å². The number of nitrogens with two attached hydrogens (primary N) is 1. The lowest BCUT2D eigenvalue weighted by Gasteiger charge is -2.14. The number of carboxylic acids is 1. The van der Waals surface area contributed by atoms with Crippen LogP contribution in [-0.2, 0) is 14.4 Å². The van der Waals surface area contributed by atoms with E-state index in [1.54, 1.807) is 6.92 Å². The highest BCUT2D eigenvalue weighted by Crippen LogP contribution is 2.09. The van der Waals surface area contributed by atoms with E-state index >= 15 is 0 Å². The molecule has 2 atom stereocenters. The molecule has 0 bridgehead atoms. The lowest BCUT2D eigenvalue weighted by molar-refractivity contribution is -0.142. The molecule has 0 rings (SSSR count). The molecular formula is C9H16N2O5. The summed E-state index contributed by atoms with van der Waals surface area (Å²) in [6.45, 7) is 1.21. The van der Waals surface area contributed by atoms with Gasteiger partial charge < -0.3 is 20.8 Å². The van der Waals surface area contributed by atoms with Crippen molar-refractivity contribution in [3.05, 3.63) is 0 Å². The molecule has 0 radical (unpaired) electrons. The lowest BCUT2D eigenvalue weighted by atomic mass is 9.99. The normalized spacial score (nSPS) is 14.6. The Morgan fingerprint density at radius 3 is 2.69 bits per heavy atom. The standard InChI is InChI=1S/C9H16N2O5/c1-6(7(12)4-8(10)13)2-3-11-16-5-9(14)15/h3,6-7,12H,2,4-5H2,1H3,(H2,10,13)(H,14,15)/b11-3+/t6-,7+/m1/s1. The van der Waals surface area contributed by atoms with E-state index in [4.69, 9.17) is 10.8 Å². The molecule has 0 aromatic rings. The third-order valence-electron chi connectivity index (χ3n) is 1.88. The highest BCUT2D eigenvalue weighted by Gasteiger charge is 2.15. The van der Waals surface area contributed by atoms with Crippen molar-refractivity contribution >= 4 is 18.1 Å². The molecule has 4 N–H and O–H groups in total. The van der Waals surface area contributed by atoms with Gasteiger partial charge >= 0.3 is 5.97 Å². The van der Waals surface area contributed by atoms with Crippen molar-refractivity contribution in [2.75, 3.05) is 6.61 Å². The first-order valence-electron chi connectivity index (χ1n) is 4.75. The predicted octanol–water partition coefficient (Wildman–Crippen LogP) is -0.664. The Morgan fingerprint density at radius 1 is 1.56 bits per heavy atom. The molecule has 0 saturated heterocycles. The fourth-order valence-electron chi connectivity index (χ4n) is 0.919. The van der Waals surface area contributed by atoms with Crippen LogP contribution in [0.3, 0.4) is 0 Å². The van der Waals surface area contributed by atoms with Crippen LogP contribution >= 0.6 is 0 Å². The van der Waals surface area contributed by atoms with Gasteiger partial charge in [-0.05, 0) is 12.3 Å². The Morgan fingerprint density at radius 2 is 2.19 bits per heavy atom. The molecule has 0 unspecified atom stereocenters. The molecule has 16 heavy (non-hydrogen) atoms. The summed E-state index contributed by atoms with van der Waals surface area (Å²) in [5.41, 5.74) is 4.92. The number of carbonyl (C=O) groups is 2. The number of hydrogen-bond acceptors (Lipinski definition) is 5. The largest absolute Gasteiger partial charge is 0.479 e. The van der Waals surface area contributed by atoms with Crippen LogP contribution in [0.15, 0.2) is 5.16 Å². The quantitative estimate of drug-likeness (QED) is 0.378. The Labute approximate surface area is 92.9 Å². The first kappa shape index (κ1) is 14.4. The number of aliphatic carboxylic acids is 1. The number of aliphatic hydroxyl groups excluding tert-OH is 1. The molecule has 0 aromatic heterocycles. The van der Waals surface area contributed by atoms with Gasteiger partial charge in [-0.2, -0.15) is 0 Å². The fourth-order valence-corrected chi connectivity index (χ4v) is 0.919. The molecule has 92 valence electrons. The number of nitrogens with zero attached hydrogens (tertiary/aromatic N) is 1. The van der Waals surface area contributed by atoms with E-state index in [2.05, 4.69) is 9.99 Å². The van der Waals surface area contributed by atoms with Crippen molar-refractivity contribution in [1.82, 2.24) is 0 Å². The molecule has 0 heterocycles. The number of oxime groups is 1. The van der Waals surface area contributed by atoms with Gasteiger partial charge in [0, 0.05) is 6.21 Å². The molecule has 7 nitrogen and oxygen atoms in total. The van der Waals surface area contributed by atoms with Crippen LogP contribution in [0, 0.1) is 5.92 Å². The second-order valence-corrected chi connectivity index (χ2v) is 3.41. The van der Waals surface area contributed by atoms with E-state index in [9.17, 15) is 14.7 Å². The minimum atomic E-state index is -1.11. The Hall–Kier alpha value is -1.63. The number of amides is 1. The molecule has 0 spiro atoms. The van der Waals surface area contributed by atoms with Gasteiger partial charge in [0.05, 0.1) is 12.5 Å². The minimum Gasteiger partial charge on any atom is -0.479 e. The summed E-state index contributed by atoms with van der Waals surface area (Å²) in [6, 6.07) is 0. The molecule has 1 amide bonds. The van der Waals surface area contributed by atoms with Crippen molar-refractivity contribution in [2.24, 2.45) is 16.8 Å². The lowest BCUT2D eigenvalue weighted by Crippen LogP contribution is -2.25. The SMILES string of the molecule is C[C@H](C/C=N/OCC(=O)O)[C@@H](O)CC(N)=O. The zero-order valence-corrected chi connectivity index (χ0v) is 9.00. The molecule has 0 aromatic carbocycles. The third-order valence-corrected chi connectivity index (χ3v) is 1.88. The monoisotopic (exact) mass is 232 g/mol. The Bertz CT molecular complexity index is 267. The van der Waals surface area contributed by atoms with E-state index in [0.717, 1.165) is 0 Å². The highest BCUT2D eigenvalue weighted by atomic mass is 16.6. The van der Waals surface area contributed by atoms with E-state index in [-0.39, 0.29) is 12.3 Å². The first-order chi connectivity index (χ1) is 7.43. The number of hydrogen-bond donors (Lipinski definition) is 3. The van der Waals surface area contributed by atoms with Crippen molar-refractivity contribution in [1.29, 1.82) is 0 Å². The zero-order valence-electron chi connectivity index (χ0n) is 9.00. The number of rotatable bonds is 8. The van der Waals surface area contributed by atoms with E-state index in [1.807, 2.05) is 0 Å². The zero-order chi connectivity index (χ0) is 12.6. The van der Waals surface area contributed by atoms with E-state index in [1.165, 1.54) is 6.21 Å². The summed E-state index contributed by atoms with van der Waals surface area (Å²) in [5, 5.41) is 21.0. The Kier molecular flexibility index (Phi) is 6.86. The van der Waals surface area contributed by atoms with Gasteiger partial charge in [-0.25, -0.2) is 4.79 Å². The molecular weight excluding hydrogens is 216 g/mol. The molecule has 0 aliphatic carbocycles. The maximum absolute atomic E-state index is 10.5. The third kappa shape index (κ3) is 7.74. The maximum Gasteiger partial charge on any atom is 0.344 e. The van der Waals surface area contributed by atoms with Crippen LogP contribution < -0.4 is 5.73 Å². The molecule has 0 aliphatic heterocycles. The highest BCUT2D eigenvalue weighted by molar-refractivity contribution is 5.74. The summed E-state index contributed by atoms with van der Waals surface area (Å²) < 4.78 is 0. The molecule has 0 saturated carbocycles. The summed E-state index contributed by atoms with van der Waals surface area (Å²) in [4.78, 5) is 24.9. The van der Waals surface area contributed by atoms with Crippen LogP contribution in [0.4, 0.5) is 0 Å². The Balaban J connectivity index is 3.74. The molecule has 7 heteroatoms. The average Bonchev–Trinajstić information content (AvgIpc) is 2.15.